The first-order valence-corrected chi connectivity index (χ1v) is 10.1. The highest BCUT2D eigenvalue weighted by atomic mass is 35.5. The molecule has 0 fully saturated rings. The van der Waals surface area contributed by atoms with Gasteiger partial charge in [-0.05, 0) is 54.4 Å². The van der Waals surface area contributed by atoms with E-state index in [1.54, 1.807) is 0 Å². The molecule has 0 amide bonds. The molecule has 3 aromatic carbocycles. The topological polar surface area (TPSA) is 47.1 Å². The number of imidazole rings is 1. The molecule has 0 aliphatic heterocycles. The van der Waals surface area contributed by atoms with E-state index in [4.69, 9.17) is 26.1 Å². The Balaban J connectivity index is 1.45. The molecule has 0 aliphatic carbocycles. The number of halogens is 1. The zero-order valence-electron chi connectivity index (χ0n) is 16.5. The monoisotopic (exact) mass is 406 g/mol. The maximum Gasteiger partial charge on any atom is 0.121 e. The van der Waals surface area contributed by atoms with Crippen LogP contribution < -0.4 is 9.47 Å². The molecule has 1 N–H and O–H groups in total. The first-order valence-electron chi connectivity index (χ1n) is 9.72. The van der Waals surface area contributed by atoms with Gasteiger partial charge in [0, 0.05) is 17.0 Å². The first-order chi connectivity index (χ1) is 14.1. The van der Waals surface area contributed by atoms with Crippen molar-refractivity contribution in [3.63, 3.8) is 0 Å². The molecule has 0 saturated heterocycles. The molecule has 1 atom stereocenters. The number of nitrogens with zero attached hydrogens (tertiary/aromatic N) is 1. The van der Waals surface area contributed by atoms with Crippen LogP contribution in [-0.2, 0) is 6.61 Å². The zero-order chi connectivity index (χ0) is 20.2. The van der Waals surface area contributed by atoms with Crippen LogP contribution in [0.15, 0.2) is 66.7 Å². The maximum atomic E-state index is 5.92. The third kappa shape index (κ3) is 4.54. The Hall–Kier alpha value is -2.98. The zero-order valence-corrected chi connectivity index (χ0v) is 17.2. The van der Waals surface area contributed by atoms with Crippen LogP contribution in [-0.4, -0.2) is 16.6 Å². The average Bonchev–Trinajstić information content (AvgIpc) is 3.17. The molecule has 4 nitrogen and oxygen atoms in total. The van der Waals surface area contributed by atoms with Crippen molar-refractivity contribution >= 4 is 22.6 Å². The summed E-state index contributed by atoms with van der Waals surface area (Å²) in [4.78, 5) is 8.18. The predicted molar refractivity (Wildman–Crippen MR) is 117 cm³/mol. The van der Waals surface area contributed by atoms with Crippen LogP contribution >= 0.6 is 11.6 Å². The van der Waals surface area contributed by atoms with Gasteiger partial charge in [0.05, 0.1) is 17.6 Å². The smallest absolute Gasteiger partial charge is 0.121 e. The van der Waals surface area contributed by atoms with E-state index in [2.05, 4.69) is 24.0 Å². The lowest BCUT2D eigenvalue weighted by molar-refractivity contribution is 0.306. The SMILES string of the molecule is CCOc1ccc2[nH]c(C(C)c3ccc(OCc4ccc(Cl)cc4)cc3)nc2c1. The van der Waals surface area contributed by atoms with Gasteiger partial charge in [-0.25, -0.2) is 4.98 Å². The lowest BCUT2D eigenvalue weighted by atomic mass is 10.0. The van der Waals surface area contributed by atoms with Gasteiger partial charge in [-0.1, -0.05) is 42.8 Å². The standard InChI is InChI=1S/C24H23ClN2O2/c1-3-28-21-12-13-22-23(14-21)27-24(26-22)16(2)18-6-10-20(11-7-18)29-15-17-4-8-19(25)9-5-17/h4-14,16H,3,15H2,1-2H3,(H,26,27). The van der Waals surface area contributed by atoms with E-state index in [1.165, 1.54) is 5.56 Å². The molecule has 0 radical (unpaired) electrons. The van der Waals surface area contributed by atoms with E-state index >= 15 is 0 Å². The number of aromatic amines is 1. The molecule has 1 unspecified atom stereocenters. The maximum absolute atomic E-state index is 5.92. The molecule has 0 saturated carbocycles. The molecule has 1 aromatic heterocycles. The number of ether oxygens (including phenoxy) is 2. The van der Waals surface area contributed by atoms with Crippen molar-refractivity contribution in [2.75, 3.05) is 6.61 Å². The Kier molecular flexibility index (Phi) is 5.72. The van der Waals surface area contributed by atoms with E-state index in [0.717, 1.165) is 38.9 Å². The van der Waals surface area contributed by atoms with Crippen LogP contribution in [0.1, 0.15) is 36.7 Å². The molecular formula is C24H23ClN2O2. The Morgan fingerprint density at radius 3 is 2.38 bits per heavy atom. The van der Waals surface area contributed by atoms with Crippen LogP contribution in [0, 0.1) is 0 Å². The van der Waals surface area contributed by atoms with Crippen molar-refractivity contribution in [1.82, 2.24) is 9.97 Å². The highest BCUT2D eigenvalue weighted by Crippen LogP contribution is 2.27. The fourth-order valence-electron chi connectivity index (χ4n) is 3.22. The Bertz CT molecular complexity index is 1090. The molecule has 4 aromatic rings. The fourth-order valence-corrected chi connectivity index (χ4v) is 3.35. The van der Waals surface area contributed by atoms with Gasteiger partial charge in [-0.3, -0.25) is 0 Å². The highest BCUT2D eigenvalue weighted by Gasteiger charge is 2.14. The number of rotatable bonds is 7. The molecule has 4 rings (SSSR count). The van der Waals surface area contributed by atoms with Crippen molar-refractivity contribution in [3.8, 4) is 11.5 Å². The number of H-pyrrole nitrogens is 1. The second-order valence-corrected chi connectivity index (χ2v) is 7.38. The summed E-state index contributed by atoms with van der Waals surface area (Å²) in [5.74, 6) is 2.75. The fraction of sp³-hybridized carbons (Fsp3) is 0.208. The Labute approximate surface area is 175 Å². The minimum Gasteiger partial charge on any atom is -0.494 e. The first kappa shape index (κ1) is 19.3. The van der Waals surface area contributed by atoms with E-state index in [9.17, 15) is 0 Å². The van der Waals surface area contributed by atoms with Gasteiger partial charge in [-0.15, -0.1) is 0 Å². The number of aromatic nitrogens is 2. The van der Waals surface area contributed by atoms with Gasteiger partial charge in [0.15, 0.2) is 0 Å². The third-order valence-electron chi connectivity index (χ3n) is 4.89. The van der Waals surface area contributed by atoms with Gasteiger partial charge in [0.2, 0.25) is 0 Å². The highest BCUT2D eigenvalue weighted by molar-refractivity contribution is 6.30. The van der Waals surface area contributed by atoms with Crippen molar-refractivity contribution < 1.29 is 9.47 Å². The lowest BCUT2D eigenvalue weighted by Crippen LogP contribution is -1.99. The molecule has 0 spiro atoms. The molecular weight excluding hydrogens is 384 g/mol. The largest absolute Gasteiger partial charge is 0.494 e. The minimum atomic E-state index is 0.142. The van der Waals surface area contributed by atoms with Gasteiger partial charge in [0.25, 0.3) is 0 Å². The van der Waals surface area contributed by atoms with Gasteiger partial charge < -0.3 is 14.5 Å². The normalized spacial score (nSPS) is 12.1. The van der Waals surface area contributed by atoms with Crippen LogP contribution in [0.25, 0.3) is 11.0 Å². The van der Waals surface area contributed by atoms with E-state index in [0.29, 0.717) is 13.2 Å². The Morgan fingerprint density at radius 1 is 0.931 bits per heavy atom. The van der Waals surface area contributed by atoms with Gasteiger partial charge in [-0.2, -0.15) is 0 Å². The second-order valence-electron chi connectivity index (χ2n) is 6.94. The molecule has 5 heteroatoms. The van der Waals surface area contributed by atoms with Crippen LogP contribution in [0.2, 0.25) is 5.02 Å². The quantitative estimate of drug-likeness (QED) is 0.389. The summed E-state index contributed by atoms with van der Waals surface area (Å²) in [6.07, 6.45) is 0. The van der Waals surface area contributed by atoms with E-state index in [-0.39, 0.29) is 5.92 Å². The van der Waals surface area contributed by atoms with Crippen molar-refractivity contribution in [2.24, 2.45) is 0 Å². The molecule has 1 heterocycles. The lowest BCUT2D eigenvalue weighted by Gasteiger charge is -2.11. The summed E-state index contributed by atoms with van der Waals surface area (Å²) in [5.41, 5.74) is 4.19. The van der Waals surface area contributed by atoms with Gasteiger partial charge in [0.1, 0.15) is 23.9 Å². The Morgan fingerprint density at radius 2 is 1.66 bits per heavy atom. The summed E-state index contributed by atoms with van der Waals surface area (Å²) in [7, 11) is 0. The number of benzene rings is 3. The minimum absolute atomic E-state index is 0.142. The number of hydrogen-bond donors (Lipinski definition) is 1. The summed E-state index contributed by atoms with van der Waals surface area (Å²) in [6.45, 7) is 5.28. The van der Waals surface area contributed by atoms with Crippen LogP contribution in [0.4, 0.5) is 0 Å². The molecule has 29 heavy (non-hydrogen) atoms. The van der Waals surface area contributed by atoms with E-state index < -0.39 is 0 Å². The summed E-state index contributed by atoms with van der Waals surface area (Å²) < 4.78 is 11.4. The molecule has 0 bridgehead atoms. The number of hydrogen-bond acceptors (Lipinski definition) is 3. The summed E-state index contributed by atoms with van der Waals surface area (Å²) in [5, 5.41) is 0.729. The van der Waals surface area contributed by atoms with Crippen molar-refractivity contribution in [2.45, 2.75) is 26.4 Å². The van der Waals surface area contributed by atoms with Crippen LogP contribution in [0.5, 0.6) is 11.5 Å². The van der Waals surface area contributed by atoms with Crippen LogP contribution in [0.3, 0.4) is 0 Å². The molecule has 148 valence electrons. The molecule has 0 aliphatic rings. The van der Waals surface area contributed by atoms with Gasteiger partial charge >= 0.3 is 0 Å². The third-order valence-corrected chi connectivity index (χ3v) is 5.14. The second kappa shape index (κ2) is 8.58. The van der Waals surface area contributed by atoms with E-state index in [1.807, 2.05) is 61.5 Å². The van der Waals surface area contributed by atoms with Crippen molar-refractivity contribution in [3.05, 3.63) is 88.7 Å². The summed E-state index contributed by atoms with van der Waals surface area (Å²) in [6, 6.07) is 21.8. The van der Waals surface area contributed by atoms with Crippen molar-refractivity contribution in [1.29, 1.82) is 0 Å². The average molecular weight is 407 g/mol. The summed E-state index contributed by atoms with van der Waals surface area (Å²) >= 11 is 5.92. The number of nitrogens with one attached hydrogen (secondary N) is 1. The number of fused-ring (bicyclic) bond motifs is 1. The predicted octanol–water partition coefficient (Wildman–Crippen LogP) is 6.35.